The fourth-order valence-electron chi connectivity index (χ4n) is 3.39. The van der Waals surface area contributed by atoms with E-state index in [0.29, 0.717) is 24.3 Å². The Balaban J connectivity index is 2.60. The molecule has 0 spiro atoms. The highest BCUT2D eigenvalue weighted by molar-refractivity contribution is 4.85. The molecule has 0 aromatic heterocycles. The minimum absolute atomic E-state index is 0.0440. The summed E-state index contributed by atoms with van der Waals surface area (Å²) >= 11 is 0. The summed E-state index contributed by atoms with van der Waals surface area (Å²) in [5.74, 6) is 2.00. The van der Waals surface area contributed by atoms with Crippen LogP contribution in [-0.4, -0.2) is 12.7 Å². The van der Waals surface area contributed by atoms with Crippen LogP contribution in [0.2, 0.25) is 0 Å². The molecule has 0 amide bonds. The molecule has 0 heterocycles. The van der Waals surface area contributed by atoms with Gasteiger partial charge in [0.05, 0.1) is 0 Å². The Hall–Kier alpha value is -0.110. The van der Waals surface area contributed by atoms with Crippen LogP contribution in [0.5, 0.6) is 0 Å². The zero-order chi connectivity index (χ0) is 12.3. The highest BCUT2D eigenvalue weighted by Gasteiger charge is 2.35. The lowest BCUT2D eigenvalue weighted by Crippen LogP contribution is -2.37. The van der Waals surface area contributed by atoms with Gasteiger partial charge in [0.15, 0.2) is 0 Å². The van der Waals surface area contributed by atoms with Crippen LogP contribution < -0.4 is 5.73 Å². The van der Waals surface area contributed by atoms with Crippen molar-refractivity contribution >= 4 is 0 Å². The number of rotatable bonds is 4. The molecule has 4 atom stereocenters. The van der Waals surface area contributed by atoms with E-state index >= 15 is 0 Å². The summed E-state index contributed by atoms with van der Waals surface area (Å²) in [6, 6.07) is 0. The molecular weight excluding hydrogens is 201 g/mol. The molecule has 16 heavy (non-hydrogen) atoms. The van der Waals surface area contributed by atoms with Crippen molar-refractivity contribution < 1.29 is 4.39 Å². The molecule has 1 aliphatic rings. The van der Waals surface area contributed by atoms with Gasteiger partial charge >= 0.3 is 0 Å². The van der Waals surface area contributed by atoms with Crippen LogP contribution in [-0.2, 0) is 0 Å². The van der Waals surface area contributed by atoms with Crippen LogP contribution in [0.1, 0.15) is 47.0 Å². The zero-order valence-electron chi connectivity index (χ0n) is 11.2. The van der Waals surface area contributed by atoms with E-state index in [2.05, 4.69) is 27.7 Å². The maximum atomic E-state index is 14.5. The average molecular weight is 229 g/mol. The Kier molecular flexibility index (Phi) is 5.23. The number of alkyl halides is 1. The van der Waals surface area contributed by atoms with Crippen molar-refractivity contribution in [2.75, 3.05) is 6.54 Å². The second-order valence-electron chi connectivity index (χ2n) is 6.27. The van der Waals surface area contributed by atoms with Crippen molar-refractivity contribution in [2.45, 2.75) is 53.1 Å². The fourth-order valence-corrected chi connectivity index (χ4v) is 3.39. The number of hydrogen-bond acceptors (Lipinski definition) is 1. The molecule has 1 rings (SSSR count). The molecule has 1 saturated carbocycles. The van der Waals surface area contributed by atoms with Crippen molar-refractivity contribution in [1.82, 2.24) is 0 Å². The molecule has 0 saturated heterocycles. The van der Waals surface area contributed by atoms with Gasteiger partial charge < -0.3 is 5.73 Å². The topological polar surface area (TPSA) is 26.0 Å². The van der Waals surface area contributed by atoms with E-state index in [0.717, 1.165) is 12.8 Å². The largest absolute Gasteiger partial charge is 0.330 e. The van der Waals surface area contributed by atoms with Crippen LogP contribution in [0.3, 0.4) is 0 Å². The monoisotopic (exact) mass is 229 g/mol. The molecule has 0 aliphatic heterocycles. The highest BCUT2D eigenvalue weighted by Crippen LogP contribution is 2.38. The first-order valence-corrected chi connectivity index (χ1v) is 6.79. The third kappa shape index (κ3) is 3.44. The van der Waals surface area contributed by atoms with Gasteiger partial charge in [-0.25, -0.2) is 4.39 Å². The standard InChI is InChI=1S/C14H28FN/c1-9(2)13(8-16)14(15)12-6-10(3)5-11(4)7-12/h9-14H,5-8,16H2,1-4H3. The van der Waals surface area contributed by atoms with Gasteiger partial charge in [-0.05, 0) is 49.5 Å². The van der Waals surface area contributed by atoms with Crippen LogP contribution >= 0.6 is 0 Å². The van der Waals surface area contributed by atoms with Crippen molar-refractivity contribution in [3.05, 3.63) is 0 Å². The summed E-state index contributed by atoms with van der Waals surface area (Å²) in [4.78, 5) is 0. The second kappa shape index (κ2) is 6.00. The molecule has 0 aromatic rings. The van der Waals surface area contributed by atoms with E-state index in [1.165, 1.54) is 6.42 Å². The van der Waals surface area contributed by atoms with E-state index in [1.54, 1.807) is 0 Å². The zero-order valence-corrected chi connectivity index (χ0v) is 11.2. The fraction of sp³-hybridized carbons (Fsp3) is 1.00. The molecule has 4 unspecified atom stereocenters. The summed E-state index contributed by atoms with van der Waals surface area (Å²) in [5.41, 5.74) is 5.71. The van der Waals surface area contributed by atoms with Gasteiger partial charge in [0.25, 0.3) is 0 Å². The predicted octanol–water partition coefficient (Wildman–Crippen LogP) is 3.63. The molecule has 96 valence electrons. The molecule has 1 aliphatic carbocycles. The van der Waals surface area contributed by atoms with Gasteiger partial charge in [-0.1, -0.05) is 27.7 Å². The van der Waals surface area contributed by atoms with Crippen molar-refractivity contribution in [1.29, 1.82) is 0 Å². The first kappa shape index (κ1) is 14.0. The van der Waals surface area contributed by atoms with E-state index in [9.17, 15) is 4.39 Å². The Labute approximate surface area is 100.0 Å². The SMILES string of the molecule is CC1CC(C)CC(C(F)C(CN)C(C)C)C1. The van der Waals surface area contributed by atoms with Crippen molar-refractivity contribution in [3.8, 4) is 0 Å². The Morgan fingerprint density at radius 3 is 2.00 bits per heavy atom. The van der Waals surface area contributed by atoms with Crippen LogP contribution in [0.25, 0.3) is 0 Å². The van der Waals surface area contributed by atoms with E-state index in [-0.39, 0.29) is 11.8 Å². The summed E-state index contributed by atoms with van der Waals surface area (Å²) in [7, 11) is 0. The molecule has 0 bridgehead atoms. The van der Waals surface area contributed by atoms with Crippen LogP contribution in [0.4, 0.5) is 4.39 Å². The normalized spacial score (nSPS) is 35.1. The van der Waals surface area contributed by atoms with Gasteiger partial charge in [-0.3, -0.25) is 0 Å². The lowest BCUT2D eigenvalue weighted by Gasteiger charge is -2.37. The third-order valence-corrected chi connectivity index (χ3v) is 4.20. The van der Waals surface area contributed by atoms with E-state index in [4.69, 9.17) is 5.73 Å². The molecule has 0 aromatic carbocycles. The number of hydrogen-bond donors (Lipinski definition) is 1. The minimum atomic E-state index is -0.699. The average Bonchev–Trinajstić information content (AvgIpc) is 2.16. The van der Waals surface area contributed by atoms with E-state index < -0.39 is 6.17 Å². The quantitative estimate of drug-likeness (QED) is 0.782. The molecular formula is C14H28FN. The first-order valence-electron chi connectivity index (χ1n) is 6.79. The lowest BCUT2D eigenvalue weighted by molar-refractivity contribution is 0.0664. The Bertz CT molecular complexity index is 195. The molecule has 0 radical (unpaired) electrons. The summed E-state index contributed by atoms with van der Waals surface area (Å²) in [6.07, 6.45) is 2.66. The maximum absolute atomic E-state index is 14.5. The maximum Gasteiger partial charge on any atom is 0.107 e. The van der Waals surface area contributed by atoms with Gasteiger partial charge in [-0.15, -0.1) is 0 Å². The van der Waals surface area contributed by atoms with Gasteiger partial charge in [-0.2, -0.15) is 0 Å². The number of nitrogens with two attached hydrogens (primary N) is 1. The van der Waals surface area contributed by atoms with Crippen molar-refractivity contribution in [2.24, 2.45) is 35.3 Å². The van der Waals surface area contributed by atoms with Crippen LogP contribution in [0.15, 0.2) is 0 Å². The Morgan fingerprint density at radius 1 is 1.12 bits per heavy atom. The second-order valence-corrected chi connectivity index (χ2v) is 6.27. The molecule has 2 N–H and O–H groups in total. The number of halogens is 1. The van der Waals surface area contributed by atoms with Crippen LogP contribution in [0, 0.1) is 29.6 Å². The van der Waals surface area contributed by atoms with Gasteiger partial charge in [0.1, 0.15) is 6.17 Å². The molecule has 1 nitrogen and oxygen atoms in total. The molecule has 1 fully saturated rings. The third-order valence-electron chi connectivity index (χ3n) is 4.20. The van der Waals surface area contributed by atoms with E-state index in [1.807, 2.05) is 0 Å². The summed E-state index contributed by atoms with van der Waals surface area (Å²) in [5, 5.41) is 0. The minimum Gasteiger partial charge on any atom is -0.330 e. The van der Waals surface area contributed by atoms with Crippen molar-refractivity contribution in [3.63, 3.8) is 0 Å². The summed E-state index contributed by atoms with van der Waals surface area (Å²) < 4.78 is 14.5. The first-order chi connectivity index (χ1) is 7.45. The highest BCUT2D eigenvalue weighted by atomic mass is 19.1. The lowest BCUT2D eigenvalue weighted by atomic mass is 9.71. The smallest absolute Gasteiger partial charge is 0.107 e. The summed E-state index contributed by atoms with van der Waals surface area (Å²) in [6.45, 7) is 9.15. The molecule has 2 heteroatoms. The van der Waals surface area contributed by atoms with Gasteiger partial charge in [0.2, 0.25) is 0 Å². The predicted molar refractivity (Wildman–Crippen MR) is 67.9 cm³/mol. The van der Waals surface area contributed by atoms with Gasteiger partial charge in [0, 0.05) is 5.92 Å². The Morgan fingerprint density at radius 2 is 1.62 bits per heavy atom.